The predicted molar refractivity (Wildman–Crippen MR) is 72.8 cm³/mol. The largest absolute Gasteiger partial charge is 0.462 e. The highest BCUT2D eigenvalue weighted by Gasteiger charge is 2.17. The second-order valence-corrected chi connectivity index (χ2v) is 4.33. The van der Waals surface area contributed by atoms with E-state index >= 15 is 0 Å². The number of hydrogen-bond acceptors (Lipinski definition) is 4. The highest BCUT2D eigenvalue weighted by molar-refractivity contribution is 5.90. The molecule has 112 valence electrons. The number of anilines is 1. The first-order valence-electron chi connectivity index (χ1n) is 6.39. The Hall–Kier alpha value is -2.44. The molecule has 0 saturated heterocycles. The van der Waals surface area contributed by atoms with Crippen molar-refractivity contribution in [1.29, 1.82) is 0 Å². The smallest absolute Gasteiger partial charge is 0.341 e. The number of ether oxygens (including phenoxy) is 1. The van der Waals surface area contributed by atoms with E-state index in [2.05, 4.69) is 10.4 Å². The summed E-state index contributed by atoms with van der Waals surface area (Å²) in [6.45, 7) is 2.13. The lowest BCUT2D eigenvalue weighted by atomic mass is 10.2. The molecular weight excluding hydrogens is 280 g/mol. The standard InChI is InChI=1S/C14H15F2N3O2/c1-3-21-14(20)10-7-18-19(2)13(10)8-17-12-5-4-9(15)6-11(12)16/h4-7,17H,3,8H2,1-2H3. The molecular formula is C14H15F2N3O2. The summed E-state index contributed by atoms with van der Waals surface area (Å²) >= 11 is 0. The van der Waals surface area contributed by atoms with Crippen LogP contribution in [-0.2, 0) is 18.3 Å². The minimum absolute atomic E-state index is 0.146. The molecule has 2 rings (SSSR count). The first kappa shape index (κ1) is 15.0. The molecule has 0 aliphatic carbocycles. The number of carbonyl (C=O) groups is 1. The number of aromatic nitrogens is 2. The molecule has 1 aromatic carbocycles. The quantitative estimate of drug-likeness (QED) is 0.861. The number of nitrogens with zero attached hydrogens (tertiary/aromatic N) is 2. The average Bonchev–Trinajstić information content (AvgIpc) is 2.79. The number of rotatable bonds is 5. The second-order valence-electron chi connectivity index (χ2n) is 4.33. The molecule has 21 heavy (non-hydrogen) atoms. The number of carbonyl (C=O) groups excluding carboxylic acids is 1. The Balaban J connectivity index is 2.16. The molecule has 1 aromatic heterocycles. The number of hydrogen-bond donors (Lipinski definition) is 1. The Morgan fingerprint density at radius 2 is 2.19 bits per heavy atom. The van der Waals surface area contributed by atoms with Crippen molar-refractivity contribution in [3.8, 4) is 0 Å². The predicted octanol–water partition coefficient (Wildman–Crippen LogP) is 2.49. The van der Waals surface area contributed by atoms with Crippen LogP contribution in [0.5, 0.6) is 0 Å². The monoisotopic (exact) mass is 295 g/mol. The third-order valence-corrected chi connectivity index (χ3v) is 2.93. The lowest BCUT2D eigenvalue weighted by molar-refractivity contribution is 0.0525. The fraction of sp³-hybridized carbons (Fsp3) is 0.286. The maximum Gasteiger partial charge on any atom is 0.341 e. The normalized spacial score (nSPS) is 10.5. The second kappa shape index (κ2) is 6.34. The van der Waals surface area contributed by atoms with Crippen LogP contribution < -0.4 is 5.32 Å². The first-order chi connectivity index (χ1) is 10.0. The van der Waals surface area contributed by atoms with Gasteiger partial charge < -0.3 is 10.1 Å². The van der Waals surface area contributed by atoms with Gasteiger partial charge in [0.2, 0.25) is 0 Å². The van der Waals surface area contributed by atoms with Crippen LogP contribution in [0, 0.1) is 11.6 Å². The molecule has 0 fully saturated rings. The number of benzene rings is 1. The Morgan fingerprint density at radius 3 is 2.86 bits per heavy atom. The minimum Gasteiger partial charge on any atom is -0.462 e. The number of halogens is 2. The fourth-order valence-corrected chi connectivity index (χ4v) is 1.86. The third kappa shape index (κ3) is 3.36. The maximum absolute atomic E-state index is 13.5. The minimum atomic E-state index is -0.699. The molecule has 0 aliphatic rings. The van der Waals surface area contributed by atoms with Crippen LogP contribution in [-0.4, -0.2) is 22.4 Å². The molecule has 5 nitrogen and oxygen atoms in total. The summed E-state index contributed by atoms with van der Waals surface area (Å²) in [7, 11) is 1.67. The molecule has 0 spiro atoms. The van der Waals surface area contributed by atoms with Gasteiger partial charge in [0.1, 0.15) is 17.2 Å². The van der Waals surface area contributed by atoms with Gasteiger partial charge in [-0.1, -0.05) is 0 Å². The van der Waals surface area contributed by atoms with Crippen molar-refractivity contribution in [2.24, 2.45) is 7.05 Å². The summed E-state index contributed by atoms with van der Waals surface area (Å²) in [4.78, 5) is 11.8. The average molecular weight is 295 g/mol. The van der Waals surface area contributed by atoms with Gasteiger partial charge in [-0.15, -0.1) is 0 Å². The summed E-state index contributed by atoms with van der Waals surface area (Å²) in [6.07, 6.45) is 1.40. The van der Waals surface area contributed by atoms with Crippen molar-refractivity contribution in [1.82, 2.24) is 9.78 Å². The summed E-state index contributed by atoms with van der Waals surface area (Å²) in [5.74, 6) is -1.83. The lowest BCUT2D eigenvalue weighted by Crippen LogP contribution is -2.12. The van der Waals surface area contributed by atoms with E-state index in [-0.39, 0.29) is 18.8 Å². The van der Waals surface area contributed by atoms with Gasteiger partial charge in [0, 0.05) is 13.1 Å². The highest BCUT2D eigenvalue weighted by Crippen LogP contribution is 2.17. The van der Waals surface area contributed by atoms with Gasteiger partial charge in [-0.25, -0.2) is 13.6 Å². The van der Waals surface area contributed by atoms with E-state index in [1.165, 1.54) is 16.9 Å². The van der Waals surface area contributed by atoms with E-state index in [9.17, 15) is 13.6 Å². The van der Waals surface area contributed by atoms with Crippen LogP contribution in [0.2, 0.25) is 0 Å². The number of nitrogens with one attached hydrogen (secondary N) is 1. The first-order valence-corrected chi connectivity index (χ1v) is 6.39. The van der Waals surface area contributed by atoms with Crippen LogP contribution in [0.15, 0.2) is 24.4 Å². The van der Waals surface area contributed by atoms with E-state index in [1.807, 2.05) is 0 Å². The molecule has 1 heterocycles. The van der Waals surface area contributed by atoms with Gasteiger partial charge in [-0.3, -0.25) is 4.68 Å². The molecule has 1 N–H and O–H groups in total. The highest BCUT2D eigenvalue weighted by atomic mass is 19.1. The van der Waals surface area contributed by atoms with E-state index in [4.69, 9.17) is 4.74 Å². The Kier molecular flexibility index (Phi) is 4.52. The van der Waals surface area contributed by atoms with E-state index in [1.54, 1.807) is 14.0 Å². The molecule has 0 bridgehead atoms. The summed E-state index contributed by atoms with van der Waals surface area (Å²) in [5, 5.41) is 6.80. The van der Waals surface area contributed by atoms with Crippen molar-refractivity contribution in [2.75, 3.05) is 11.9 Å². The van der Waals surface area contributed by atoms with Crippen LogP contribution in [0.3, 0.4) is 0 Å². The van der Waals surface area contributed by atoms with Gasteiger partial charge in [-0.2, -0.15) is 5.10 Å². The molecule has 0 unspecified atom stereocenters. The maximum atomic E-state index is 13.5. The van der Waals surface area contributed by atoms with Crippen molar-refractivity contribution in [3.05, 3.63) is 47.3 Å². The lowest BCUT2D eigenvalue weighted by Gasteiger charge is -2.10. The van der Waals surface area contributed by atoms with Crippen LogP contribution >= 0.6 is 0 Å². The van der Waals surface area contributed by atoms with Crippen LogP contribution in [0.25, 0.3) is 0 Å². The van der Waals surface area contributed by atoms with Gasteiger partial charge >= 0.3 is 5.97 Å². The summed E-state index contributed by atoms with van der Waals surface area (Å²) in [5.41, 5.74) is 1.01. The molecule has 0 aliphatic heterocycles. The van der Waals surface area contributed by atoms with Crippen LogP contribution in [0.1, 0.15) is 23.0 Å². The zero-order valence-corrected chi connectivity index (χ0v) is 11.7. The SMILES string of the molecule is CCOC(=O)c1cnn(C)c1CNc1ccc(F)cc1F. The van der Waals surface area contributed by atoms with Crippen molar-refractivity contribution in [3.63, 3.8) is 0 Å². The van der Waals surface area contributed by atoms with Crippen molar-refractivity contribution >= 4 is 11.7 Å². The summed E-state index contributed by atoms with van der Waals surface area (Å²) < 4.78 is 32.8. The zero-order valence-electron chi connectivity index (χ0n) is 11.7. The molecule has 0 saturated carbocycles. The number of aryl methyl sites for hydroxylation is 1. The van der Waals surface area contributed by atoms with Gasteiger partial charge in [0.15, 0.2) is 0 Å². The third-order valence-electron chi connectivity index (χ3n) is 2.93. The van der Waals surface area contributed by atoms with Crippen molar-refractivity contribution < 1.29 is 18.3 Å². The van der Waals surface area contributed by atoms with Gasteiger partial charge in [0.05, 0.1) is 30.7 Å². The van der Waals surface area contributed by atoms with Gasteiger partial charge in [0.25, 0.3) is 0 Å². The van der Waals surface area contributed by atoms with E-state index < -0.39 is 17.6 Å². The molecule has 2 aromatic rings. The van der Waals surface area contributed by atoms with Crippen molar-refractivity contribution in [2.45, 2.75) is 13.5 Å². The fourth-order valence-electron chi connectivity index (χ4n) is 1.86. The van der Waals surface area contributed by atoms with E-state index in [0.717, 1.165) is 12.1 Å². The van der Waals surface area contributed by atoms with E-state index in [0.29, 0.717) is 11.3 Å². The summed E-state index contributed by atoms with van der Waals surface area (Å²) in [6, 6.07) is 3.24. The Labute approximate surface area is 120 Å². The topological polar surface area (TPSA) is 56.1 Å². The molecule has 0 amide bonds. The Bertz CT molecular complexity index is 656. The zero-order chi connectivity index (χ0) is 15.4. The Morgan fingerprint density at radius 1 is 1.43 bits per heavy atom. The molecule has 0 radical (unpaired) electrons. The molecule has 0 atom stereocenters. The number of esters is 1. The molecule has 7 heteroatoms. The van der Waals surface area contributed by atoms with Gasteiger partial charge in [-0.05, 0) is 19.1 Å². The van der Waals surface area contributed by atoms with Crippen LogP contribution in [0.4, 0.5) is 14.5 Å².